The van der Waals surface area contributed by atoms with E-state index in [-0.39, 0.29) is 17.8 Å². The summed E-state index contributed by atoms with van der Waals surface area (Å²) in [6.07, 6.45) is 0.315. The molecule has 1 aliphatic heterocycles. The third-order valence-corrected chi connectivity index (χ3v) is 3.02. The summed E-state index contributed by atoms with van der Waals surface area (Å²) in [5.41, 5.74) is 0.765. The monoisotopic (exact) mass is 250 g/mol. The Kier molecular flexibility index (Phi) is 4.17. The second kappa shape index (κ2) is 5.84. The number of morpholine rings is 1. The minimum Gasteiger partial charge on any atom is -0.508 e. The molecule has 1 saturated heterocycles. The minimum absolute atomic E-state index is 0.00869. The molecule has 1 unspecified atom stereocenters. The van der Waals surface area contributed by atoms with Crippen LogP contribution in [0, 0.1) is 0 Å². The molecule has 1 heterocycles. The van der Waals surface area contributed by atoms with E-state index >= 15 is 0 Å². The fourth-order valence-corrected chi connectivity index (χ4v) is 1.90. The second-order valence-corrected chi connectivity index (χ2v) is 4.37. The molecule has 5 nitrogen and oxygen atoms in total. The van der Waals surface area contributed by atoms with Crippen molar-refractivity contribution < 1.29 is 14.6 Å². The van der Waals surface area contributed by atoms with Crippen LogP contribution < -0.4 is 10.2 Å². The number of rotatable bonds is 3. The molecule has 1 aliphatic rings. The van der Waals surface area contributed by atoms with Gasteiger partial charge < -0.3 is 20.1 Å². The number of hydrogen-bond acceptors (Lipinski definition) is 4. The number of phenolic OH excluding ortho intramolecular Hbond substituents is 1. The van der Waals surface area contributed by atoms with E-state index in [2.05, 4.69) is 5.32 Å². The highest BCUT2D eigenvalue weighted by molar-refractivity contribution is 5.93. The van der Waals surface area contributed by atoms with Gasteiger partial charge in [0.15, 0.2) is 0 Å². The molecule has 2 N–H and O–H groups in total. The van der Waals surface area contributed by atoms with Gasteiger partial charge in [0, 0.05) is 25.8 Å². The van der Waals surface area contributed by atoms with Crippen molar-refractivity contribution in [2.45, 2.75) is 12.5 Å². The van der Waals surface area contributed by atoms with Gasteiger partial charge in [0.05, 0.1) is 19.1 Å². The van der Waals surface area contributed by atoms with Crippen LogP contribution in [0.3, 0.4) is 0 Å². The molecule has 0 aromatic heterocycles. The Balaban J connectivity index is 1.93. The van der Waals surface area contributed by atoms with Crippen LogP contribution in [0.4, 0.5) is 5.69 Å². The molecule has 0 saturated carbocycles. The smallest absolute Gasteiger partial charge is 0.229 e. The fraction of sp³-hybridized carbons (Fsp3) is 0.462. The molecule has 1 aromatic carbocycles. The van der Waals surface area contributed by atoms with Crippen LogP contribution in [0.25, 0.3) is 0 Å². The summed E-state index contributed by atoms with van der Waals surface area (Å²) in [5.74, 6) is 0.203. The van der Waals surface area contributed by atoms with E-state index in [1.807, 2.05) is 0 Å². The van der Waals surface area contributed by atoms with Gasteiger partial charge in [0.25, 0.3) is 0 Å². The lowest BCUT2D eigenvalue weighted by Crippen LogP contribution is -2.41. The number of hydrogen-bond donors (Lipinski definition) is 2. The highest BCUT2D eigenvalue weighted by Crippen LogP contribution is 2.18. The van der Waals surface area contributed by atoms with E-state index in [9.17, 15) is 9.90 Å². The van der Waals surface area contributed by atoms with Crippen LogP contribution in [-0.2, 0) is 9.53 Å². The third-order valence-electron chi connectivity index (χ3n) is 3.02. The van der Waals surface area contributed by atoms with Crippen molar-refractivity contribution >= 4 is 11.6 Å². The van der Waals surface area contributed by atoms with E-state index in [1.54, 1.807) is 36.2 Å². The van der Waals surface area contributed by atoms with E-state index in [0.717, 1.165) is 18.8 Å². The van der Waals surface area contributed by atoms with Gasteiger partial charge in [0.1, 0.15) is 5.75 Å². The van der Waals surface area contributed by atoms with Gasteiger partial charge in [-0.2, -0.15) is 0 Å². The molecule has 98 valence electrons. The maximum absolute atomic E-state index is 12.1. The van der Waals surface area contributed by atoms with E-state index in [1.165, 1.54) is 0 Å². The summed E-state index contributed by atoms with van der Waals surface area (Å²) in [7, 11) is 1.73. The van der Waals surface area contributed by atoms with Crippen LogP contribution in [0.5, 0.6) is 5.75 Å². The quantitative estimate of drug-likeness (QED) is 0.830. The molecule has 0 radical (unpaired) electrons. The maximum atomic E-state index is 12.1. The van der Waals surface area contributed by atoms with Crippen molar-refractivity contribution in [2.24, 2.45) is 0 Å². The number of amides is 1. The SMILES string of the molecule is CN(C(=O)CC1CNCCO1)c1ccc(O)cc1. The molecule has 5 heteroatoms. The zero-order chi connectivity index (χ0) is 13.0. The van der Waals surface area contributed by atoms with Crippen LogP contribution in [0.2, 0.25) is 0 Å². The van der Waals surface area contributed by atoms with Crippen molar-refractivity contribution in [3.63, 3.8) is 0 Å². The topological polar surface area (TPSA) is 61.8 Å². The summed E-state index contributed by atoms with van der Waals surface area (Å²) in [4.78, 5) is 13.6. The number of benzene rings is 1. The Bertz CT molecular complexity index is 399. The molecule has 2 rings (SSSR count). The summed E-state index contributed by atoms with van der Waals surface area (Å²) < 4.78 is 5.50. The van der Waals surface area contributed by atoms with Gasteiger partial charge >= 0.3 is 0 Å². The zero-order valence-electron chi connectivity index (χ0n) is 10.4. The Labute approximate surface area is 106 Å². The maximum Gasteiger partial charge on any atom is 0.229 e. The third kappa shape index (κ3) is 3.21. The number of ether oxygens (including phenoxy) is 1. The molecule has 18 heavy (non-hydrogen) atoms. The van der Waals surface area contributed by atoms with Crippen molar-refractivity contribution in [3.05, 3.63) is 24.3 Å². The normalized spacial score (nSPS) is 19.5. The Morgan fingerprint density at radius 1 is 1.50 bits per heavy atom. The first-order chi connectivity index (χ1) is 8.66. The summed E-state index contributed by atoms with van der Waals surface area (Å²) in [5, 5.41) is 12.4. The lowest BCUT2D eigenvalue weighted by molar-refractivity contribution is -0.121. The van der Waals surface area contributed by atoms with Gasteiger partial charge in [-0.3, -0.25) is 4.79 Å². The van der Waals surface area contributed by atoms with Crippen LogP contribution in [0.15, 0.2) is 24.3 Å². The molecule has 1 aromatic rings. The van der Waals surface area contributed by atoms with Crippen molar-refractivity contribution in [3.8, 4) is 5.75 Å². The predicted octanol–water partition coefficient (Wildman–Crippen LogP) is 0.733. The molecule has 0 bridgehead atoms. The van der Waals surface area contributed by atoms with E-state index in [4.69, 9.17) is 4.74 Å². The first-order valence-electron chi connectivity index (χ1n) is 6.05. The van der Waals surface area contributed by atoms with Crippen LogP contribution in [0.1, 0.15) is 6.42 Å². The van der Waals surface area contributed by atoms with Gasteiger partial charge in [0.2, 0.25) is 5.91 Å². The van der Waals surface area contributed by atoms with E-state index in [0.29, 0.717) is 13.0 Å². The van der Waals surface area contributed by atoms with E-state index < -0.39 is 0 Å². The first-order valence-corrected chi connectivity index (χ1v) is 6.05. The lowest BCUT2D eigenvalue weighted by atomic mass is 10.2. The standard InChI is InChI=1S/C13H18N2O3/c1-15(10-2-4-11(16)5-3-10)13(17)8-12-9-14-6-7-18-12/h2-5,12,14,16H,6-9H2,1H3. The molecule has 1 atom stereocenters. The van der Waals surface area contributed by atoms with Gasteiger partial charge in [-0.25, -0.2) is 0 Å². The molecular formula is C13H18N2O3. The molecule has 0 aliphatic carbocycles. The summed E-state index contributed by atoms with van der Waals surface area (Å²) in [6.45, 7) is 2.22. The number of anilines is 1. The number of nitrogens with zero attached hydrogens (tertiary/aromatic N) is 1. The Morgan fingerprint density at radius 3 is 2.83 bits per heavy atom. The number of nitrogens with one attached hydrogen (secondary N) is 1. The lowest BCUT2D eigenvalue weighted by Gasteiger charge is -2.25. The second-order valence-electron chi connectivity index (χ2n) is 4.37. The highest BCUT2D eigenvalue weighted by Gasteiger charge is 2.20. The molecule has 1 fully saturated rings. The van der Waals surface area contributed by atoms with Crippen LogP contribution in [-0.4, -0.2) is 43.9 Å². The Hall–Kier alpha value is -1.59. The number of phenols is 1. The Morgan fingerprint density at radius 2 is 2.22 bits per heavy atom. The fourth-order valence-electron chi connectivity index (χ4n) is 1.90. The average Bonchev–Trinajstić information content (AvgIpc) is 2.40. The van der Waals surface area contributed by atoms with Gasteiger partial charge in [-0.05, 0) is 24.3 Å². The number of carbonyl (C=O) groups excluding carboxylic acids is 1. The largest absolute Gasteiger partial charge is 0.508 e. The molecule has 1 amide bonds. The van der Waals surface area contributed by atoms with Gasteiger partial charge in [-0.1, -0.05) is 0 Å². The summed E-state index contributed by atoms with van der Waals surface area (Å²) >= 11 is 0. The highest BCUT2D eigenvalue weighted by atomic mass is 16.5. The average molecular weight is 250 g/mol. The van der Waals surface area contributed by atoms with Crippen molar-refractivity contribution in [1.29, 1.82) is 0 Å². The first kappa shape index (κ1) is 12.9. The number of carbonyl (C=O) groups is 1. The predicted molar refractivity (Wildman–Crippen MR) is 68.7 cm³/mol. The van der Waals surface area contributed by atoms with Crippen LogP contribution >= 0.6 is 0 Å². The molecule has 0 spiro atoms. The zero-order valence-corrected chi connectivity index (χ0v) is 10.4. The van der Waals surface area contributed by atoms with Crippen molar-refractivity contribution in [2.75, 3.05) is 31.6 Å². The minimum atomic E-state index is -0.0502. The van der Waals surface area contributed by atoms with Gasteiger partial charge in [-0.15, -0.1) is 0 Å². The summed E-state index contributed by atoms with van der Waals surface area (Å²) in [6, 6.07) is 6.57. The number of aromatic hydroxyl groups is 1. The molecular weight excluding hydrogens is 232 g/mol. The van der Waals surface area contributed by atoms with Crippen molar-refractivity contribution in [1.82, 2.24) is 5.32 Å².